The molecule has 7 nitrogen and oxygen atoms in total. The van der Waals surface area contributed by atoms with Crippen molar-refractivity contribution in [3.8, 4) is 11.5 Å². The summed E-state index contributed by atoms with van der Waals surface area (Å²) >= 11 is 0. The fourth-order valence-electron chi connectivity index (χ4n) is 3.84. The zero-order valence-electron chi connectivity index (χ0n) is 16.1. The number of aromatic nitrogens is 1. The van der Waals surface area contributed by atoms with Crippen LogP contribution in [0.4, 0.5) is 5.69 Å². The molecule has 0 spiro atoms. The van der Waals surface area contributed by atoms with Crippen LogP contribution in [-0.4, -0.2) is 35.0 Å². The second-order valence-corrected chi connectivity index (χ2v) is 7.15. The number of anilines is 1. The van der Waals surface area contributed by atoms with Crippen LogP contribution in [0.1, 0.15) is 17.2 Å². The Balaban J connectivity index is 1.51. The summed E-state index contributed by atoms with van der Waals surface area (Å²) in [6.45, 7) is 0.470. The van der Waals surface area contributed by atoms with Crippen LogP contribution < -0.4 is 14.4 Å². The van der Waals surface area contributed by atoms with Gasteiger partial charge in [-0.25, -0.2) is 0 Å². The molecule has 7 heteroatoms. The monoisotopic (exact) mass is 401 g/mol. The molecule has 0 radical (unpaired) electrons. The smallest absolute Gasteiger partial charge is 0.254 e. The number of amides is 2. The summed E-state index contributed by atoms with van der Waals surface area (Å²) in [6, 6.07) is 17.6. The van der Waals surface area contributed by atoms with Gasteiger partial charge in [-0.05, 0) is 47.5 Å². The Hall–Kier alpha value is -3.87. The molecule has 1 atom stereocenters. The molecule has 30 heavy (non-hydrogen) atoms. The molecule has 1 saturated heterocycles. The Morgan fingerprint density at radius 2 is 1.70 bits per heavy atom. The Kier molecular flexibility index (Phi) is 4.55. The van der Waals surface area contributed by atoms with E-state index in [1.165, 1.54) is 0 Å². The van der Waals surface area contributed by atoms with Crippen molar-refractivity contribution in [2.75, 3.05) is 18.2 Å². The summed E-state index contributed by atoms with van der Waals surface area (Å²) in [5, 5.41) is 0. The molecular weight excluding hydrogens is 382 g/mol. The van der Waals surface area contributed by atoms with E-state index >= 15 is 0 Å². The third kappa shape index (κ3) is 3.24. The number of para-hydroxylation sites is 1. The molecule has 0 unspecified atom stereocenters. The maximum Gasteiger partial charge on any atom is 0.254 e. The van der Waals surface area contributed by atoms with E-state index in [9.17, 15) is 9.59 Å². The first-order chi connectivity index (χ1) is 14.7. The molecular formula is C23H19N3O4. The third-order valence-electron chi connectivity index (χ3n) is 5.30. The van der Waals surface area contributed by atoms with Gasteiger partial charge in [0.1, 0.15) is 12.6 Å². The molecule has 150 valence electrons. The summed E-state index contributed by atoms with van der Waals surface area (Å²) in [7, 11) is 0. The lowest BCUT2D eigenvalue weighted by Crippen LogP contribution is -2.55. The van der Waals surface area contributed by atoms with E-state index in [0.717, 1.165) is 11.1 Å². The lowest BCUT2D eigenvalue weighted by atomic mass is 10.0. The molecule has 2 aliphatic rings. The van der Waals surface area contributed by atoms with E-state index in [-0.39, 0.29) is 31.7 Å². The highest BCUT2D eigenvalue weighted by molar-refractivity contribution is 6.06. The first-order valence-electron chi connectivity index (χ1n) is 9.65. The number of hydrogen-bond acceptors (Lipinski definition) is 5. The minimum Gasteiger partial charge on any atom is -0.454 e. The average Bonchev–Trinajstić information content (AvgIpc) is 3.25. The number of rotatable bonds is 4. The number of ether oxygens (including phenoxy) is 2. The minimum atomic E-state index is -0.736. The molecule has 1 fully saturated rings. The first-order valence-corrected chi connectivity index (χ1v) is 9.65. The van der Waals surface area contributed by atoms with Crippen LogP contribution in [0.5, 0.6) is 11.5 Å². The molecule has 2 amide bonds. The number of pyridine rings is 1. The van der Waals surface area contributed by atoms with E-state index in [1.807, 2.05) is 48.5 Å². The average molecular weight is 401 g/mol. The standard InChI is InChI=1S/C23H19N3O4/c27-21-14-25(18-4-2-1-3-5-18)23(28)22(17-8-10-24-11-9-17)26(21)13-16-6-7-19-20(12-16)30-15-29-19/h1-12,22H,13-15H2/t22-/m1/s1. The number of carbonyl (C=O) groups is 2. The van der Waals surface area contributed by atoms with Gasteiger partial charge in [0.15, 0.2) is 11.5 Å². The van der Waals surface area contributed by atoms with E-state index in [2.05, 4.69) is 4.98 Å². The quantitative estimate of drug-likeness (QED) is 0.672. The molecule has 0 saturated carbocycles. The van der Waals surface area contributed by atoms with Crippen LogP contribution in [0.3, 0.4) is 0 Å². The number of hydrogen-bond donors (Lipinski definition) is 0. The Labute approximate surface area is 173 Å². The highest BCUT2D eigenvalue weighted by atomic mass is 16.7. The van der Waals surface area contributed by atoms with Crippen LogP contribution >= 0.6 is 0 Å². The van der Waals surface area contributed by atoms with Gasteiger partial charge in [-0.2, -0.15) is 0 Å². The summed E-state index contributed by atoms with van der Waals surface area (Å²) in [4.78, 5) is 33.9. The van der Waals surface area contributed by atoms with E-state index in [4.69, 9.17) is 9.47 Å². The SMILES string of the molecule is O=C1[C@@H](c2ccncc2)N(Cc2ccc3c(c2)OCO3)C(=O)CN1c1ccccc1. The van der Waals surface area contributed by atoms with Crippen molar-refractivity contribution in [2.45, 2.75) is 12.6 Å². The molecule has 5 rings (SSSR count). The van der Waals surface area contributed by atoms with Gasteiger partial charge in [-0.1, -0.05) is 24.3 Å². The van der Waals surface area contributed by atoms with Gasteiger partial charge in [0.05, 0.1) is 0 Å². The Morgan fingerprint density at radius 3 is 2.50 bits per heavy atom. The summed E-state index contributed by atoms with van der Waals surface area (Å²) < 4.78 is 10.8. The predicted octanol–water partition coefficient (Wildman–Crippen LogP) is 2.93. The van der Waals surface area contributed by atoms with Crippen LogP contribution in [0.15, 0.2) is 73.1 Å². The van der Waals surface area contributed by atoms with Crippen LogP contribution in [-0.2, 0) is 16.1 Å². The van der Waals surface area contributed by atoms with Gasteiger partial charge < -0.3 is 19.3 Å². The highest BCUT2D eigenvalue weighted by Gasteiger charge is 2.41. The van der Waals surface area contributed by atoms with E-state index in [1.54, 1.807) is 34.3 Å². The largest absolute Gasteiger partial charge is 0.454 e. The van der Waals surface area contributed by atoms with Crippen LogP contribution in [0.2, 0.25) is 0 Å². The number of carbonyl (C=O) groups excluding carboxylic acids is 2. The summed E-state index contributed by atoms with van der Waals surface area (Å²) in [5.41, 5.74) is 2.30. The highest BCUT2D eigenvalue weighted by Crippen LogP contribution is 2.35. The maximum absolute atomic E-state index is 13.5. The van der Waals surface area contributed by atoms with E-state index < -0.39 is 6.04 Å². The van der Waals surface area contributed by atoms with Crippen LogP contribution in [0.25, 0.3) is 0 Å². The molecule has 3 heterocycles. The predicted molar refractivity (Wildman–Crippen MR) is 109 cm³/mol. The number of nitrogens with zero attached hydrogens (tertiary/aromatic N) is 3. The number of fused-ring (bicyclic) bond motifs is 1. The molecule has 0 aliphatic carbocycles. The van der Waals surface area contributed by atoms with Gasteiger partial charge in [0.2, 0.25) is 12.7 Å². The van der Waals surface area contributed by atoms with Crippen molar-refractivity contribution in [3.05, 3.63) is 84.2 Å². The van der Waals surface area contributed by atoms with Crippen molar-refractivity contribution >= 4 is 17.5 Å². The fourth-order valence-corrected chi connectivity index (χ4v) is 3.84. The zero-order valence-corrected chi connectivity index (χ0v) is 16.1. The number of piperazine rings is 1. The maximum atomic E-state index is 13.5. The van der Waals surface area contributed by atoms with Gasteiger partial charge in [0, 0.05) is 24.6 Å². The van der Waals surface area contributed by atoms with Crippen molar-refractivity contribution in [1.82, 2.24) is 9.88 Å². The van der Waals surface area contributed by atoms with Gasteiger partial charge in [-0.3, -0.25) is 14.6 Å². The Bertz CT molecular complexity index is 1090. The lowest BCUT2D eigenvalue weighted by Gasteiger charge is -2.40. The van der Waals surface area contributed by atoms with Crippen molar-refractivity contribution < 1.29 is 19.1 Å². The second kappa shape index (κ2) is 7.51. The third-order valence-corrected chi connectivity index (χ3v) is 5.30. The zero-order chi connectivity index (χ0) is 20.5. The molecule has 2 aromatic carbocycles. The molecule has 1 aromatic heterocycles. The molecule has 0 N–H and O–H groups in total. The van der Waals surface area contributed by atoms with E-state index in [0.29, 0.717) is 17.2 Å². The summed E-state index contributed by atoms with van der Waals surface area (Å²) in [6.07, 6.45) is 3.26. The van der Waals surface area contributed by atoms with Crippen molar-refractivity contribution in [1.29, 1.82) is 0 Å². The van der Waals surface area contributed by atoms with Crippen LogP contribution in [0, 0.1) is 0 Å². The van der Waals surface area contributed by atoms with Crippen molar-refractivity contribution in [3.63, 3.8) is 0 Å². The Morgan fingerprint density at radius 1 is 0.933 bits per heavy atom. The lowest BCUT2D eigenvalue weighted by molar-refractivity contribution is -0.144. The molecule has 3 aromatic rings. The summed E-state index contributed by atoms with van der Waals surface area (Å²) in [5.74, 6) is 1.06. The van der Waals surface area contributed by atoms with Crippen molar-refractivity contribution in [2.24, 2.45) is 0 Å². The molecule has 2 aliphatic heterocycles. The first kappa shape index (κ1) is 18.2. The normalized spacial score (nSPS) is 18.1. The second-order valence-electron chi connectivity index (χ2n) is 7.15. The minimum absolute atomic E-state index is 0.00498. The number of benzene rings is 2. The van der Waals surface area contributed by atoms with Gasteiger partial charge in [-0.15, -0.1) is 0 Å². The van der Waals surface area contributed by atoms with Gasteiger partial charge >= 0.3 is 0 Å². The fraction of sp³-hybridized carbons (Fsp3) is 0.174. The van der Waals surface area contributed by atoms with Gasteiger partial charge in [0.25, 0.3) is 5.91 Å². The topological polar surface area (TPSA) is 72.0 Å². The molecule has 0 bridgehead atoms.